The first-order chi connectivity index (χ1) is 11.0. The zero-order valence-electron chi connectivity index (χ0n) is 12.9. The van der Waals surface area contributed by atoms with E-state index in [1.165, 1.54) is 0 Å². The minimum absolute atomic E-state index is 0.175. The highest BCUT2D eigenvalue weighted by molar-refractivity contribution is 6.30. The number of aromatic nitrogens is 3. The van der Waals surface area contributed by atoms with Crippen LogP contribution < -0.4 is 5.32 Å². The van der Waals surface area contributed by atoms with Crippen molar-refractivity contribution in [2.45, 2.75) is 13.8 Å². The van der Waals surface area contributed by atoms with Crippen LogP contribution in [0.5, 0.6) is 0 Å². The zero-order valence-corrected chi connectivity index (χ0v) is 13.7. The molecular formula is C17H17ClN4O. The highest BCUT2D eigenvalue weighted by atomic mass is 35.5. The van der Waals surface area contributed by atoms with Gasteiger partial charge in [-0.2, -0.15) is 5.10 Å². The maximum absolute atomic E-state index is 12.3. The Balaban J connectivity index is 1.98. The van der Waals surface area contributed by atoms with Crippen LogP contribution in [0.3, 0.4) is 0 Å². The molecule has 0 fully saturated rings. The number of benzene rings is 1. The van der Waals surface area contributed by atoms with Gasteiger partial charge in [-0.1, -0.05) is 31.5 Å². The molecule has 0 spiro atoms. The zero-order chi connectivity index (χ0) is 16.4. The second kappa shape index (κ2) is 6.38. The Morgan fingerprint density at radius 1 is 1.26 bits per heavy atom. The Morgan fingerprint density at radius 3 is 2.83 bits per heavy atom. The van der Waals surface area contributed by atoms with Crippen LogP contribution in [0, 0.1) is 5.92 Å². The molecule has 1 aromatic carbocycles. The van der Waals surface area contributed by atoms with Gasteiger partial charge in [-0.25, -0.2) is 0 Å². The predicted molar refractivity (Wildman–Crippen MR) is 91.5 cm³/mol. The first-order valence-corrected chi connectivity index (χ1v) is 7.79. The second-order valence-electron chi connectivity index (χ2n) is 5.83. The maximum atomic E-state index is 12.3. The first-order valence-electron chi connectivity index (χ1n) is 7.42. The van der Waals surface area contributed by atoms with Gasteiger partial charge in [-0.3, -0.25) is 14.9 Å². The third-order valence-electron chi connectivity index (χ3n) is 3.49. The monoisotopic (exact) mass is 328 g/mol. The molecule has 118 valence electrons. The smallest absolute Gasteiger partial charge is 0.272 e. The quantitative estimate of drug-likeness (QED) is 0.767. The molecule has 1 amide bonds. The van der Waals surface area contributed by atoms with E-state index >= 15 is 0 Å². The van der Waals surface area contributed by atoms with E-state index in [0.29, 0.717) is 23.2 Å². The number of amides is 1. The van der Waals surface area contributed by atoms with Gasteiger partial charge >= 0.3 is 0 Å². The molecule has 0 atom stereocenters. The molecule has 0 saturated heterocycles. The Kier molecular flexibility index (Phi) is 4.30. The molecule has 0 aliphatic rings. The fraction of sp³-hybridized carbons (Fsp3) is 0.235. The molecular weight excluding hydrogens is 312 g/mol. The topological polar surface area (TPSA) is 70.7 Å². The van der Waals surface area contributed by atoms with Crippen molar-refractivity contribution in [2.24, 2.45) is 5.92 Å². The minimum atomic E-state index is -0.175. The fourth-order valence-electron chi connectivity index (χ4n) is 2.32. The molecule has 2 N–H and O–H groups in total. The minimum Gasteiger partial charge on any atom is -0.350 e. The van der Waals surface area contributed by atoms with Gasteiger partial charge in [0.05, 0.1) is 10.5 Å². The summed E-state index contributed by atoms with van der Waals surface area (Å²) in [6.45, 7) is 4.71. The Bertz CT molecular complexity index is 857. The lowest BCUT2D eigenvalue weighted by atomic mass is 10.0. The van der Waals surface area contributed by atoms with Gasteiger partial charge < -0.3 is 5.32 Å². The SMILES string of the molecule is CC(C)CNC(=O)c1n[nH]c2ccc(-c3cncc(Cl)c3)cc12. The molecule has 5 nitrogen and oxygen atoms in total. The number of halogens is 1. The highest BCUT2D eigenvalue weighted by Gasteiger charge is 2.15. The third-order valence-corrected chi connectivity index (χ3v) is 3.69. The molecule has 23 heavy (non-hydrogen) atoms. The van der Waals surface area contributed by atoms with Crippen LogP contribution in [0.1, 0.15) is 24.3 Å². The van der Waals surface area contributed by atoms with Crippen molar-refractivity contribution in [3.05, 3.63) is 47.4 Å². The third kappa shape index (κ3) is 3.35. The molecule has 0 unspecified atom stereocenters. The number of hydrogen-bond acceptors (Lipinski definition) is 3. The second-order valence-corrected chi connectivity index (χ2v) is 6.26. The van der Waals surface area contributed by atoms with Gasteiger partial charge in [-0.05, 0) is 29.7 Å². The Hall–Kier alpha value is -2.40. The number of H-pyrrole nitrogens is 1. The summed E-state index contributed by atoms with van der Waals surface area (Å²) in [5.74, 6) is 0.212. The van der Waals surface area contributed by atoms with Crippen molar-refractivity contribution in [1.29, 1.82) is 0 Å². The summed E-state index contributed by atoms with van der Waals surface area (Å²) in [6, 6.07) is 7.62. The van der Waals surface area contributed by atoms with E-state index in [1.54, 1.807) is 12.4 Å². The summed E-state index contributed by atoms with van der Waals surface area (Å²) < 4.78 is 0. The van der Waals surface area contributed by atoms with E-state index in [2.05, 4.69) is 20.5 Å². The number of nitrogens with zero attached hydrogens (tertiary/aromatic N) is 2. The van der Waals surface area contributed by atoms with Gasteiger partial charge in [0.1, 0.15) is 0 Å². The standard InChI is InChI=1S/C17H17ClN4O/c1-10(2)7-20-17(23)16-14-6-11(3-4-15(14)21-22-16)12-5-13(18)9-19-8-12/h3-6,8-10H,7H2,1-2H3,(H,20,23)(H,21,22). The molecule has 3 aromatic rings. The van der Waals surface area contributed by atoms with Crippen molar-refractivity contribution in [3.63, 3.8) is 0 Å². The van der Waals surface area contributed by atoms with Crippen LogP contribution in [0.15, 0.2) is 36.7 Å². The van der Waals surface area contributed by atoms with E-state index in [4.69, 9.17) is 11.6 Å². The molecule has 6 heteroatoms. The average Bonchev–Trinajstić information content (AvgIpc) is 2.95. The summed E-state index contributed by atoms with van der Waals surface area (Å²) in [6.07, 6.45) is 3.33. The van der Waals surface area contributed by atoms with Crippen molar-refractivity contribution in [2.75, 3.05) is 6.54 Å². The van der Waals surface area contributed by atoms with E-state index in [0.717, 1.165) is 22.0 Å². The van der Waals surface area contributed by atoms with E-state index in [9.17, 15) is 4.79 Å². The summed E-state index contributed by atoms with van der Waals surface area (Å²) in [5, 5.41) is 11.3. The molecule has 3 rings (SSSR count). The largest absolute Gasteiger partial charge is 0.350 e. The molecule has 0 bridgehead atoms. The number of hydrogen-bond donors (Lipinski definition) is 2. The molecule has 0 aliphatic heterocycles. The van der Waals surface area contributed by atoms with Gasteiger partial charge in [0, 0.05) is 29.9 Å². The number of pyridine rings is 1. The van der Waals surface area contributed by atoms with Crippen molar-refractivity contribution in [3.8, 4) is 11.1 Å². The van der Waals surface area contributed by atoms with Crippen LogP contribution >= 0.6 is 11.6 Å². The normalized spacial score (nSPS) is 11.1. The molecule has 0 aliphatic carbocycles. The molecule has 0 radical (unpaired) electrons. The fourth-order valence-corrected chi connectivity index (χ4v) is 2.49. The lowest BCUT2D eigenvalue weighted by Crippen LogP contribution is -2.27. The first kappa shape index (κ1) is 15.5. The van der Waals surface area contributed by atoms with Crippen LogP contribution in [0.25, 0.3) is 22.0 Å². The lowest BCUT2D eigenvalue weighted by Gasteiger charge is -2.06. The van der Waals surface area contributed by atoms with Crippen molar-refractivity contribution in [1.82, 2.24) is 20.5 Å². The van der Waals surface area contributed by atoms with E-state index < -0.39 is 0 Å². The number of carbonyl (C=O) groups excluding carboxylic acids is 1. The van der Waals surface area contributed by atoms with Gasteiger partial charge in [0.2, 0.25) is 0 Å². The van der Waals surface area contributed by atoms with Crippen molar-refractivity contribution >= 4 is 28.4 Å². The summed E-state index contributed by atoms with van der Waals surface area (Å²) in [5.41, 5.74) is 3.05. The number of carbonyl (C=O) groups is 1. The van der Waals surface area contributed by atoms with Gasteiger partial charge in [0.25, 0.3) is 5.91 Å². The number of fused-ring (bicyclic) bond motifs is 1. The van der Waals surface area contributed by atoms with E-state index in [-0.39, 0.29) is 5.91 Å². The van der Waals surface area contributed by atoms with E-state index in [1.807, 2.05) is 38.1 Å². The lowest BCUT2D eigenvalue weighted by molar-refractivity contribution is 0.0945. The number of rotatable bonds is 4. The highest BCUT2D eigenvalue weighted by Crippen LogP contribution is 2.26. The molecule has 2 aromatic heterocycles. The molecule has 2 heterocycles. The summed E-state index contributed by atoms with van der Waals surface area (Å²) in [4.78, 5) is 16.4. The number of nitrogens with one attached hydrogen (secondary N) is 2. The Labute approximate surface area is 139 Å². The van der Waals surface area contributed by atoms with Gasteiger partial charge in [-0.15, -0.1) is 0 Å². The van der Waals surface area contributed by atoms with Crippen LogP contribution in [-0.2, 0) is 0 Å². The van der Waals surface area contributed by atoms with Crippen LogP contribution in [-0.4, -0.2) is 27.6 Å². The van der Waals surface area contributed by atoms with Crippen LogP contribution in [0.4, 0.5) is 0 Å². The Morgan fingerprint density at radius 2 is 2.09 bits per heavy atom. The average molecular weight is 329 g/mol. The van der Waals surface area contributed by atoms with Crippen LogP contribution in [0.2, 0.25) is 5.02 Å². The summed E-state index contributed by atoms with van der Waals surface area (Å²) in [7, 11) is 0. The molecule has 0 saturated carbocycles. The predicted octanol–water partition coefficient (Wildman–Crippen LogP) is 3.66. The maximum Gasteiger partial charge on any atom is 0.272 e. The van der Waals surface area contributed by atoms with Gasteiger partial charge in [0.15, 0.2) is 5.69 Å². The number of aromatic amines is 1. The van der Waals surface area contributed by atoms with Crippen molar-refractivity contribution < 1.29 is 4.79 Å². The summed E-state index contributed by atoms with van der Waals surface area (Å²) >= 11 is 6.00.